The van der Waals surface area contributed by atoms with Crippen molar-refractivity contribution in [2.24, 2.45) is 5.92 Å². The van der Waals surface area contributed by atoms with E-state index in [-0.39, 0.29) is 21.4 Å². The molecular weight excluding hydrogens is 446 g/mol. The number of anilines is 1. The Bertz CT molecular complexity index is 1060. The number of carbonyl (C=O) groups is 1. The number of nitrogens with zero attached hydrogens (tertiary/aromatic N) is 1. The summed E-state index contributed by atoms with van der Waals surface area (Å²) in [5.41, 5.74) is 2.57. The third-order valence-electron chi connectivity index (χ3n) is 6.14. The summed E-state index contributed by atoms with van der Waals surface area (Å²) < 4.78 is 28.6. The number of benzene rings is 2. The van der Waals surface area contributed by atoms with Crippen molar-refractivity contribution in [1.82, 2.24) is 10.2 Å². The zero-order chi connectivity index (χ0) is 23.3. The van der Waals surface area contributed by atoms with Crippen LogP contribution in [0.1, 0.15) is 47.7 Å². The van der Waals surface area contributed by atoms with Crippen molar-refractivity contribution in [3.05, 3.63) is 58.1 Å². The van der Waals surface area contributed by atoms with E-state index in [0.29, 0.717) is 12.2 Å². The van der Waals surface area contributed by atoms with Gasteiger partial charge in [-0.15, -0.1) is 0 Å². The predicted molar refractivity (Wildman–Crippen MR) is 130 cm³/mol. The first-order valence-electron chi connectivity index (χ1n) is 11.1. The van der Waals surface area contributed by atoms with Gasteiger partial charge in [-0.05, 0) is 94.1 Å². The maximum absolute atomic E-state index is 13.0. The minimum Gasteiger partial charge on any atom is -0.352 e. The number of piperidine rings is 1. The van der Waals surface area contributed by atoms with Crippen molar-refractivity contribution >= 4 is 33.2 Å². The standard InChI is InChI=1S/C24H32ClN3O3S/c1-17-10-14-28(15-11-17)13-5-12-26-24(29)20-8-9-21(25)23(16-20)32(30,31)27-22-7-4-6-18(2)19(22)3/h4,6-9,16-17,27H,5,10-15H2,1-3H3,(H,26,29). The molecule has 0 radical (unpaired) electrons. The highest BCUT2D eigenvalue weighted by molar-refractivity contribution is 7.92. The second kappa shape index (κ2) is 10.7. The van der Waals surface area contributed by atoms with Gasteiger partial charge in [0.15, 0.2) is 0 Å². The van der Waals surface area contributed by atoms with Crippen molar-refractivity contribution in [1.29, 1.82) is 0 Å². The highest BCUT2D eigenvalue weighted by Crippen LogP contribution is 2.27. The van der Waals surface area contributed by atoms with E-state index in [1.165, 1.54) is 25.0 Å². The summed E-state index contributed by atoms with van der Waals surface area (Å²) >= 11 is 6.19. The molecule has 0 saturated carbocycles. The second-order valence-electron chi connectivity index (χ2n) is 8.63. The van der Waals surface area contributed by atoms with Gasteiger partial charge in [-0.25, -0.2) is 8.42 Å². The first kappa shape index (κ1) is 24.6. The van der Waals surface area contributed by atoms with E-state index in [4.69, 9.17) is 11.6 Å². The van der Waals surface area contributed by atoms with Gasteiger partial charge in [0.1, 0.15) is 4.90 Å². The van der Waals surface area contributed by atoms with Crippen molar-refractivity contribution in [2.75, 3.05) is 30.9 Å². The van der Waals surface area contributed by atoms with Gasteiger partial charge in [-0.2, -0.15) is 0 Å². The first-order chi connectivity index (χ1) is 15.2. The summed E-state index contributed by atoms with van der Waals surface area (Å²) in [5.74, 6) is 0.489. The minimum atomic E-state index is -3.95. The fourth-order valence-electron chi connectivity index (χ4n) is 3.80. The van der Waals surface area contributed by atoms with Crippen LogP contribution in [-0.2, 0) is 10.0 Å². The molecule has 1 aliphatic rings. The normalized spacial score (nSPS) is 15.5. The molecule has 1 heterocycles. The summed E-state index contributed by atoms with van der Waals surface area (Å²) in [4.78, 5) is 14.9. The van der Waals surface area contributed by atoms with Crippen LogP contribution in [0.5, 0.6) is 0 Å². The third-order valence-corrected chi connectivity index (χ3v) is 7.99. The van der Waals surface area contributed by atoms with Gasteiger partial charge in [0.2, 0.25) is 0 Å². The SMILES string of the molecule is Cc1cccc(NS(=O)(=O)c2cc(C(=O)NCCCN3CCC(C)CC3)ccc2Cl)c1C. The van der Waals surface area contributed by atoms with E-state index in [9.17, 15) is 13.2 Å². The van der Waals surface area contributed by atoms with E-state index >= 15 is 0 Å². The Morgan fingerprint density at radius 2 is 1.88 bits per heavy atom. The van der Waals surface area contributed by atoms with Crippen LogP contribution < -0.4 is 10.0 Å². The Morgan fingerprint density at radius 1 is 1.16 bits per heavy atom. The van der Waals surface area contributed by atoms with Crippen LogP contribution in [0.2, 0.25) is 5.02 Å². The molecule has 0 unspecified atom stereocenters. The van der Waals surface area contributed by atoms with Crippen LogP contribution >= 0.6 is 11.6 Å². The Balaban J connectivity index is 1.62. The molecule has 0 atom stereocenters. The monoisotopic (exact) mass is 477 g/mol. The Labute approximate surface area is 196 Å². The molecule has 1 fully saturated rings. The fraction of sp³-hybridized carbons (Fsp3) is 0.458. The van der Waals surface area contributed by atoms with Gasteiger partial charge in [0, 0.05) is 12.1 Å². The number of aryl methyl sites for hydroxylation is 1. The van der Waals surface area contributed by atoms with Crippen molar-refractivity contribution in [3.8, 4) is 0 Å². The second-order valence-corrected chi connectivity index (χ2v) is 10.7. The number of nitrogens with one attached hydrogen (secondary N) is 2. The lowest BCUT2D eigenvalue weighted by atomic mass is 9.99. The Morgan fingerprint density at radius 3 is 2.59 bits per heavy atom. The summed E-state index contributed by atoms with van der Waals surface area (Å²) in [5, 5.41) is 2.96. The lowest BCUT2D eigenvalue weighted by molar-refractivity contribution is 0.0950. The number of amides is 1. The van der Waals surface area contributed by atoms with Gasteiger partial charge < -0.3 is 10.2 Å². The number of likely N-dealkylation sites (tertiary alicyclic amines) is 1. The molecule has 2 aromatic carbocycles. The molecule has 3 rings (SSSR count). The van der Waals surface area contributed by atoms with E-state index in [0.717, 1.165) is 43.1 Å². The van der Waals surface area contributed by atoms with Gasteiger partial charge >= 0.3 is 0 Å². The van der Waals surface area contributed by atoms with E-state index in [1.807, 2.05) is 19.9 Å². The number of sulfonamides is 1. The summed E-state index contributed by atoms with van der Waals surface area (Å²) in [6, 6.07) is 9.72. The molecule has 1 amide bonds. The molecule has 0 aliphatic carbocycles. The third kappa shape index (κ3) is 6.24. The average molecular weight is 478 g/mol. The lowest BCUT2D eigenvalue weighted by Crippen LogP contribution is -2.35. The molecule has 1 aliphatic heterocycles. The van der Waals surface area contributed by atoms with Crippen LogP contribution in [0.4, 0.5) is 5.69 Å². The smallest absolute Gasteiger partial charge is 0.263 e. The largest absolute Gasteiger partial charge is 0.352 e. The lowest BCUT2D eigenvalue weighted by Gasteiger charge is -2.30. The highest BCUT2D eigenvalue weighted by atomic mass is 35.5. The summed E-state index contributed by atoms with van der Waals surface area (Å²) in [7, 11) is -3.95. The molecule has 2 N–H and O–H groups in total. The predicted octanol–water partition coefficient (Wildman–Crippen LogP) is 4.61. The summed E-state index contributed by atoms with van der Waals surface area (Å²) in [6.07, 6.45) is 3.31. The molecule has 0 bridgehead atoms. The van der Waals surface area contributed by atoms with Crippen LogP contribution in [0.15, 0.2) is 41.3 Å². The molecule has 0 aromatic heterocycles. The van der Waals surface area contributed by atoms with Gasteiger partial charge in [0.25, 0.3) is 15.9 Å². The minimum absolute atomic E-state index is 0.0682. The topological polar surface area (TPSA) is 78.5 Å². The molecule has 0 spiro atoms. The summed E-state index contributed by atoms with van der Waals surface area (Å²) in [6.45, 7) is 9.76. The van der Waals surface area contributed by atoms with Gasteiger partial charge in [-0.3, -0.25) is 9.52 Å². The molecule has 32 heavy (non-hydrogen) atoms. The molecule has 2 aromatic rings. The zero-order valence-corrected chi connectivity index (χ0v) is 20.5. The fourth-order valence-corrected chi connectivity index (χ4v) is 5.45. The van der Waals surface area contributed by atoms with E-state index < -0.39 is 10.0 Å². The number of carbonyl (C=O) groups excluding carboxylic acids is 1. The number of hydrogen-bond acceptors (Lipinski definition) is 4. The quantitative estimate of drug-likeness (QED) is 0.544. The zero-order valence-electron chi connectivity index (χ0n) is 18.9. The van der Waals surface area contributed by atoms with Crippen LogP contribution in [0, 0.1) is 19.8 Å². The van der Waals surface area contributed by atoms with Crippen LogP contribution in [-0.4, -0.2) is 45.4 Å². The van der Waals surface area contributed by atoms with Gasteiger partial charge in [-0.1, -0.05) is 30.7 Å². The first-order valence-corrected chi connectivity index (χ1v) is 12.9. The number of halogens is 1. The number of hydrogen-bond donors (Lipinski definition) is 2. The van der Waals surface area contributed by atoms with Crippen molar-refractivity contribution in [3.63, 3.8) is 0 Å². The molecule has 1 saturated heterocycles. The maximum Gasteiger partial charge on any atom is 0.263 e. The van der Waals surface area contributed by atoms with E-state index in [1.54, 1.807) is 18.2 Å². The highest BCUT2D eigenvalue weighted by Gasteiger charge is 2.21. The van der Waals surface area contributed by atoms with Crippen molar-refractivity contribution < 1.29 is 13.2 Å². The molecule has 6 nitrogen and oxygen atoms in total. The van der Waals surface area contributed by atoms with E-state index in [2.05, 4.69) is 21.9 Å². The van der Waals surface area contributed by atoms with Crippen LogP contribution in [0.3, 0.4) is 0 Å². The van der Waals surface area contributed by atoms with Crippen LogP contribution in [0.25, 0.3) is 0 Å². The number of rotatable bonds is 8. The molecule has 174 valence electrons. The van der Waals surface area contributed by atoms with Crippen molar-refractivity contribution in [2.45, 2.75) is 44.9 Å². The maximum atomic E-state index is 13.0. The molecular formula is C24H32ClN3O3S. The average Bonchev–Trinajstić information content (AvgIpc) is 2.75. The Kier molecular flexibility index (Phi) is 8.20. The Hall–Kier alpha value is -2.09. The van der Waals surface area contributed by atoms with Gasteiger partial charge in [0.05, 0.1) is 10.7 Å². The molecule has 8 heteroatoms.